The summed E-state index contributed by atoms with van der Waals surface area (Å²) < 4.78 is 1.08. The molecule has 0 saturated heterocycles. The number of hydrogen-bond donors (Lipinski definition) is 2. The number of thioether (sulfide) groups is 2. The van der Waals surface area contributed by atoms with Crippen LogP contribution in [0.3, 0.4) is 0 Å². The Morgan fingerprint density at radius 1 is 0.857 bits per heavy atom. The summed E-state index contributed by atoms with van der Waals surface area (Å²) in [5.41, 5.74) is 10.7. The average molecular weight is 320 g/mol. The molecule has 0 fully saturated rings. The number of hydrogen-bond acceptors (Lipinski definition) is 4. The molecule has 0 aliphatic heterocycles. The van der Waals surface area contributed by atoms with Crippen LogP contribution < -0.4 is 11.5 Å². The number of rotatable bonds is 6. The zero-order valence-electron chi connectivity index (χ0n) is 8.03. The second kappa shape index (κ2) is 12.2. The van der Waals surface area contributed by atoms with Crippen molar-refractivity contribution in [3.63, 3.8) is 0 Å². The third-order valence-corrected chi connectivity index (χ3v) is 3.54. The predicted molar refractivity (Wildman–Crippen MR) is 72.3 cm³/mol. The van der Waals surface area contributed by atoms with E-state index in [0.29, 0.717) is 8.64 Å². The van der Waals surface area contributed by atoms with Crippen LogP contribution in [0.15, 0.2) is 0 Å². The molecular formula is C7H14N2S4Zn+2. The molecule has 7 heteroatoms. The number of nitrogens with two attached hydrogens (primary N) is 2. The Bertz CT molecular complexity index is 159. The van der Waals surface area contributed by atoms with Gasteiger partial charge in [0, 0.05) is 11.5 Å². The molecule has 0 spiro atoms. The average Bonchev–Trinajstić information content (AvgIpc) is 2.01. The maximum absolute atomic E-state index is 5.33. The van der Waals surface area contributed by atoms with Crippen LogP contribution in [0.1, 0.15) is 19.3 Å². The van der Waals surface area contributed by atoms with Gasteiger partial charge in [-0.25, -0.2) is 0 Å². The topological polar surface area (TPSA) is 52.0 Å². The summed E-state index contributed by atoms with van der Waals surface area (Å²) in [7, 11) is 0. The number of thiocarbonyl (C=S) groups is 2. The van der Waals surface area contributed by atoms with Gasteiger partial charge in [0.1, 0.15) is 8.64 Å². The van der Waals surface area contributed by atoms with Crippen molar-refractivity contribution in [3.8, 4) is 0 Å². The second-order valence-electron chi connectivity index (χ2n) is 2.40. The quantitative estimate of drug-likeness (QED) is 0.444. The summed E-state index contributed by atoms with van der Waals surface area (Å²) in [4.78, 5) is 0. The molecule has 0 aromatic carbocycles. The molecule has 4 N–H and O–H groups in total. The maximum Gasteiger partial charge on any atom is 2.00 e. The van der Waals surface area contributed by atoms with E-state index < -0.39 is 0 Å². The van der Waals surface area contributed by atoms with Crippen LogP contribution in [0.2, 0.25) is 0 Å². The summed E-state index contributed by atoms with van der Waals surface area (Å²) in [6, 6.07) is 0. The second-order valence-corrected chi connectivity index (χ2v) is 6.07. The Balaban J connectivity index is 0. The van der Waals surface area contributed by atoms with Crippen molar-refractivity contribution in [3.05, 3.63) is 0 Å². The normalized spacial score (nSPS) is 9.14. The van der Waals surface area contributed by atoms with Crippen LogP contribution in [0.25, 0.3) is 0 Å². The molecule has 0 aromatic heterocycles. The van der Waals surface area contributed by atoms with Crippen molar-refractivity contribution in [1.82, 2.24) is 0 Å². The van der Waals surface area contributed by atoms with Gasteiger partial charge in [0.15, 0.2) is 0 Å². The van der Waals surface area contributed by atoms with Gasteiger partial charge in [0.25, 0.3) is 0 Å². The first-order valence-electron chi connectivity index (χ1n) is 3.97. The van der Waals surface area contributed by atoms with Gasteiger partial charge in [-0.15, -0.1) is 0 Å². The van der Waals surface area contributed by atoms with E-state index in [-0.39, 0.29) is 19.5 Å². The van der Waals surface area contributed by atoms with Crippen molar-refractivity contribution in [1.29, 1.82) is 0 Å². The Morgan fingerprint density at radius 3 is 1.50 bits per heavy atom. The van der Waals surface area contributed by atoms with Crippen molar-refractivity contribution in [2.24, 2.45) is 11.5 Å². The van der Waals surface area contributed by atoms with E-state index in [2.05, 4.69) is 0 Å². The Hall–Kier alpha value is 1.10. The minimum absolute atomic E-state index is 0. The minimum Gasteiger partial charge on any atom is -0.385 e. The molecule has 0 aliphatic rings. The number of unbranched alkanes of at least 4 members (excludes halogenated alkanes) is 2. The largest absolute Gasteiger partial charge is 2.00 e. The molecule has 0 rings (SSSR count). The SMILES string of the molecule is NC(=S)SCCCCCSC(N)=S.[Zn+2]. The molecular weight excluding hydrogens is 306 g/mol. The fourth-order valence-corrected chi connectivity index (χ4v) is 2.33. The summed E-state index contributed by atoms with van der Waals surface area (Å²) >= 11 is 12.6. The van der Waals surface area contributed by atoms with E-state index in [4.69, 9.17) is 35.9 Å². The molecule has 76 valence electrons. The van der Waals surface area contributed by atoms with Gasteiger partial charge < -0.3 is 11.5 Å². The van der Waals surface area contributed by atoms with Crippen LogP contribution >= 0.6 is 48.0 Å². The van der Waals surface area contributed by atoms with Gasteiger partial charge in [0.2, 0.25) is 0 Å². The van der Waals surface area contributed by atoms with E-state index in [1.807, 2.05) is 0 Å². The molecule has 0 heterocycles. The summed E-state index contributed by atoms with van der Waals surface area (Å²) in [5, 5.41) is 0. The molecule has 0 unspecified atom stereocenters. The summed E-state index contributed by atoms with van der Waals surface area (Å²) in [6.45, 7) is 0. The van der Waals surface area contributed by atoms with E-state index in [1.54, 1.807) is 23.5 Å². The predicted octanol–water partition coefficient (Wildman–Crippen LogP) is 2.11. The van der Waals surface area contributed by atoms with Crippen LogP contribution in [0.5, 0.6) is 0 Å². The standard InChI is InChI=1S/C7H14N2S4.Zn/c8-6(10)12-4-2-1-3-5-13-7(9)11;/h1-5H2,(H2,8,10)(H2,9,11);/q;+2. The maximum atomic E-state index is 5.33. The van der Waals surface area contributed by atoms with Crippen LogP contribution in [-0.4, -0.2) is 20.1 Å². The van der Waals surface area contributed by atoms with Crippen molar-refractivity contribution in [2.75, 3.05) is 11.5 Å². The molecule has 2 nitrogen and oxygen atoms in total. The van der Waals surface area contributed by atoms with Crippen LogP contribution in [-0.2, 0) is 19.5 Å². The Labute approximate surface area is 117 Å². The van der Waals surface area contributed by atoms with Gasteiger partial charge >= 0.3 is 19.5 Å². The van der Waals surface area contributed by atoms with Gasteiger partial charge in [-0.3, -0.25) is 0 Å². The van der Waals surface area contributed by atoms with Crippen LogP contribution in [0, 0.1) is 0 Å². The Kier molecular flexibility index (Phi) is 15.2. The molecule has 0 saturated carbocycles. The molecule has 14 heavy (non-hydrogen) atoms. The smallest absolute Gasteiger partial charge is 0.385 e. The minimum atomic E-state index is 0. The summed E-state index contributed by atoms with van der Waals surface area (Å²) in [5.74, 6) is 2.04. The molecule has 0 atom stereocenters. The molecule has 0 aromatic rings. The molecule has 0 radical (unpaired) electrons. The third kappa shape index (κ3) is 15.6. The van der Waals surface area contributed by atoms with Crippen LogP contribution in [0.4, 0.5) is 0 Å². The first-order valence-corrected chi connectivity index (χ1v) is 6.76. The fraction of sp³-hybridized carbons (Fsp3) is 0.714. The molecule has 0 bridgehead atoms. The first kappa shape index (κ1) is 17.5. The van der Waals surface area contributed by atoms with Crippen molar-refractivity contribution < 1.29 is 19.5 Å². The molecule has 0 aliphatic carbocycles. The first-order chi connectivity index (χ1) is 6.13. The molecule has 0 amide bonds. The monoisotopic (exact) mass is 318 g/mol. The van der Waals surface area contributed by atoms with Gasteiger partial charge in [-0.05, 0) is 12.8 Å². The zero-order chi connectivity index (χ0) is 10.1. The third-order valence-electron chi connectivity index (χ3n) is 1.28. The van der Waals surface area contributed by atoms with E-state index in [1.165, 1.54) is 6.42 Å². The zero-order valence-corrected chi connectivity index (χ0v) is 14.3. The van der Waals surface area contributed by atoms with Gasteiger partial charge in [0.05, 0.1) is 0 Å². The van der Waals surface area contributed by atoms with E-state index in [0.717, 1.165) is 24.3 Å². The van der Waals surface area contributed by atoms with Crippen molar-refractivity contribution >= 4 is 56.6 Å². The van der Waals surface area contributed by atoms with Gasteiger partial charge in [-0.1, -0.05) is 54.4 Å². The van der Waals surface area contributed by atoms with E-state index >= 15 is 0 Å². The van der Waals surface area contributed by atoms with Gasteiger partial charge in [-0.2, -0.15) is 0 Å². The fourth-order valence-electron chi connectivity index (χ4n) is 0.726. The summed E-state index contributed by atoms with van der Waals surface area (Å²) in [6.07, 6.45) is 3.49. The Morgan fingerprint density at radius 2 is 1.21 bits per heavy atom. The van der Waals surface area contributed by atoms with E-state index in [9.17, 15) is 0 Å². The van der Waals surface area contributed by atoms with Crippen molar-refractivity contribution in [2.45, 2.75) is 19.3 Å².